The highest BCUT2D eigenvalue weighted by molar-refractivity contribution is 5.49. The van der Waals surface area contributed by atoms with Crippen LogP contribution >= 0.6 is 0 Å². The van der Waals surface area contributed by atoms with Crippen molar-refractivity contribution in [3.8, 4) is 5.75 Å². The standard InChI is InChI=1S/C14H20N2O3/c1-10-5-6-14(15,8-10)9-11-3-4-13(19-2)12(7-11)16(17)18/h3-4,7,10H,5-6,8-9,15H2,1-2H3. The first-order valence-electron chi connectivity index (χ1n) is 6.54. The maximum Gasteiger partial charge on any atom is 0.311 e. The summed E-state index contributed by atoms with van der Waals surface area (Å²) in [5, 5.41) is 11.0. The molecule has 0 amide bonds. The molecule has 0 saturated heterocycles. The molecule has 0 aromatic heterocycles. The van der Waals surface area contributed by atoms with E-state index in [0.29, 0.717) is 18.1 Å². The number of methoxy groups -OCH3 is 1. The first kappa shape index (κ1) is 13.8. The zero-order chi connectivity index (χ0) is 14.0. The second-order valence-electron chi connectivity index (χ2n) is 5.65. The summed E-state index contributed by atoms with van der Waals surface area (Å²) in [4.78, 5) is 10.6. The van der Waals surface area contributed by atoms with Crippen LogP contribution in [0.1, 0.15) is 31.7 Å². The quantitative estimate of drug-likeness (QED) is 0.669. The summed E-state index contributed by atoms with van der Waals surface area (Å²) in [5.41, 5.74) is 7.07. The van der Waals surface area contributed by atoms with Crippen LogP contribution in [0.15, 0.2) is 18.2 Å². The van der Waals surface area contributed by atoms with E-state index in [0.717, 1.165) is 24.8 Å². The van der Waals surface area contributed by atoms with Crippen LogP contribution in [0.25, 0.3) is 0 Å². The largest absolute Gasteiger partial charge is 0.490 e. The molecule has 19 heavy (non-hydrogen) atoms. The van der Waals surface area contributed by atoms with E-state index in [9.17, 15) is 10.1 Å². The molecule has 5 nitrogen and oxygen atoms in total. The van der Waals surface area contributed by atoms with E-state index < -0.39 is 4.92 Å². The van der Waals surface area contributed by atoms with Gasteiger partial charge in [0.25, 0.3) is 0 Å². The second-order valence-corrected chi connectivity index (χ2v) is 5.65. The van der Waals surface area contributed by atoms with Crippen LogP contribution in [0, 0.1) is 16.0 Å². The second kappa shape index (κ2) is 5.17. The Bertz CT molecular complexity index is 490. The molecule has 1 saturated carbocycles. The van der Waals surface area contributed by atoms with Gasteiger partial charge in [-0.25, -0.2) is 0 Å². The summed E-state index contributed by atoms with van der Waals surface area (Å²) in [6.45, 7) is 2.20. The van der Waals surface area contributed by atoms with Gasteiger partial charge in [0, 0.05) is 11.6 Å². The van der Waals surface area contributed by atoms with Gasteiger partial charge in [-0.2, -0.15) is 0 Å². The van der Waals surface area contributed by atoms with E-state index in [1.165, 1.54) is 7.11 Å². The zero-order valence-corrected chi connectivity index (χ0v) is 11.4. The van der Waals surface area contributed by atoms with Gasteiger partial charge in [0.2, 0.25) is 0 Å². The number of nitro benzene ring substituents is 1. The topological polar surface area (TPSA) is 78.4 Å². The first-order valence-corrected chi connectivity index (χ1v) is 6.54. The Morgan fingerprint density at radius 1 is 1.58 bits per heavy atom. The van der Waals surface area contributed by atoms with Crippen molar-refractivity contribution >= 4 is 5.69 Å². The van der Waals surface area contributed by atoms with E-state index in [2.05, 4.69) is 6.92 Å². The average molecular weight is 264 g/mol. The Balaban J connectivity index is 2.22. The van der Waals surface area contributed by atoms with Gasteiger partial charge in [-0.3, -0.25) is 10.1 Å². The number of hydrogen-bond donors (Lipinski definition) is 1. The summed E-state index contributed by atoms with van der Waals surface area (Å²) < 4.78 is 5.00. The van der Waals surface area contributed by atoms with Crippen LogP contribution < -0.4 is 10.5 Å². The highest BCUT2D eigenvalue weighted by Crippen LogP contribution is 2.36. The van der Waals surface area contributed by atoms with Crippen molar-refractivity contribution in [3.63, 3.8) is 0 Å². The van der Waals surface area contributed by atoms with Crippen molar-refractivity contribution in [2.75, 3.05) is 7.11 Å². The molecule has 0 heterocycles. The van der Waals surface area contributed by atoms with Gasteiger partial charge < -0.3 is 10.5 Å². The predicted octanol–water partition coefficient (Wildman–Crippen LogP) is 2.66. The average Bonchev–Trinajstić information content (AvgIpc) is 2.68. The Labute approximate surface area is 112 Å². The van der Waals surface area contributed by atoms with Crippen molar-refractivity contribution in [2.45, 2.75) is 38.1 Å². The minimum atomic E-state index is -0.414. The molecule has 5 heteroatoms. The van der Waals surface area contributed by atoms with Gasteiger partial charge in [0.15, 0.2) is 5.75 Å². The van der Waals surface area contributed by atoms with Crippen LogP contribution in [-0.4, -0.2) is 17.6 Å². The maximum absolute atomic E-state index is 11.0. The number of ether oxygens (including phenoxy) is 1. The molecular weight excluding hydrogens is 244 g/mol. The van der Waals surface area contributed by atoms with E-state index in [1.54, 1.807) is 12.1 Å². The molecule has 2 unspecified atom stereocenters. The number of hydrogen-bond acceptors (Lipinski definition) is 4. The van der Waals surface area contributed by atoms with Crippen molar-refractivity contribution in [3.05, 3.63) is 33.9 Å². The zero-order valence-electron chi connectivity index (χ0n) is 11.4. The summed E-state index contributed by atoms with van der Waals surface area (Å²) in [6.07, 6.45) is 3.78. The Hall–Kier alpha value is -1.62. The molecule has 0 radical (unpaired) electrons. The lowest BCUT2D eigenvalue weighted by Crippen LogP contribution is -2.39. The van der Waals surface area contributed by atoms with E-state index in [-0.39, 0.29) is 11.2 Å². The fourth-order valence-electron chi connectivity index (χ4n) is 2.99. The molecule has 104 valence electrons. The predicted molar refractivity (Wildman–Crippen MR) is 73.3 cm³/mol. The number of nitrogens with zero attached hydrogens (tertiary/aromatic N) is 1. The van der Waals surface area contributed by atoms with Crippen LogP contribution in [-0.2, 0) is 6.42 Å². The van der Waals surface area contributed by atoms with Crippen LogP contribution in [0.2, 0.25) is 0 Å². The molecule has 2 N–H and O–H groups in total. The summed E-state index contributed by atoms with van der Waals surface area (Å²) in [5.74, 6) is 0.929. The summed E-state index contributed by atoms with van der Waals surface area (Å²) >= 11 is 0. The van der Waals surface area contributed by atoms with Crippen LogP contribution in [0.3, 0.4) is 0 Å². The third-order valence-corrected chi connectivity index (χ3v) is 3.89. The lowest BCUT2D eigenvalue weighted by molar-refractivity contribution is -0.385. The van der Waals surface area contributed by atoms with E-state index >= 15 is 0 Å². The summed E-state index contributed by atoms with van der Waals surface area (Å²) in [6, 6.07) is 5.09. The molecule has 0 spiro atoms. The minimum Gasteiger partial charge on any atom is -0.490 e. The van der Waals surface area contributed by atoms with E-state index in [1.807, 2.05) is 6.07 Å². The summed E-state index contributed by atoms with van der Waals surface area (Å²) in [7, 11) is 1.44. The minimum absolute atomic E-state index is 0.00893. The molecule has 1 aliphatic carbocycles. The van der Waals surface area contributed by atoms with Gasteiger partial charge in [-0.1, -0.05) is 13.0 Å². The van der Waals surface area contributed by atoms with Crippen molar-refractivity contribution in [2.24, 2.45) is 11.7 Å². The van der Waals surface area contributed by atoms with Gasteiger partial charge in [0.05, 0.1) is 12.0 Å². The lowest BCUT2D eigenvalue weighted by atomic mass is 9.89. The molecular formula is C14H20N2O3. The third-order valence-electron chi connectivity index (χ3n) is 3.89. The monoisotopic (exact) mass is 264 g/mol. The lowest BCUT2D eigenvalue weighted by Gasteiger charge is -2.24. The number of benzene rings is 1. The van der Waals surface area contributed by atoms with Gasteiger partial charge in [-0.05, 0) is 43.2 Å². The van der Waals surface area contributed by atoms with Crippen molar-refractivity contribution < 1.29 is 9.66 Å². The number of nitrogens with two attached hydrogens (primary N) is 1. The Morgan fingerprint density at radius 2 is 2.32 bits per heavy atom. The molecule has 1 fully saturated rings. The van der Waals surface area contributed by atoms with Gasteiger partial charge in [-0.15, -0.1) is 0 Å². The highest BCUT2D eigenvalue weighted by atomic mass is 16.6. The van der Waals surface area contributed by atoms with Gasteiger partial charge >= 0.3 is 5.69 Å². The maximum atomic E-state index is 11.0. The first-order chi connectivity index (χ1) is 8.93. The van der Waals surface area contributed by atoms with Crippen molar-refractivity contribution in [1.82, 2.24) is 0 Å². The fourth-order valence-corrected chi connectivity index (χ4v) is 2.99. The SMILES string of the molecule is COc1ccc(CC2(N)CCC(C)C2)cc1[N+](=O)[O-]. The molecule has 0 bridgehead atoms. The molecule has 1 aliphatic rings. The van der Waals surface area contributed by atoms with Crippen LogP contribution in [0.4, 0.5) is 5.69 Å². The van der Waals surface area contributed by atoms with Crippen molar-refractivity contribution in [1.29, 1.82) is 0 Å². The molecule has 2 atom stereocenters. The fraction of sp³-hybridized carbons (Fsp3) is 0.571. The molecule has 1 aromatic rings. The molecule has 0 aliphatic heterocycles. The van der Waals surface area contributed by atoms with E-state index in [4.69, 9.17) is 10.5 Å². The normalized spacial score (nSPS) is 26.4. The van der Waals surface area contributed by atoms with Gasteiger partial charge in [0.1, 0.15) is 0 Å². The Morgan fingerprint density at radius 3 is 2.84 bits per heavy atom. The smallest absolute Gasteiger partial charge is 0.311 e. The highest BCUT2D eigenvalue weighted by Gasteiger charge is 2.34. The number of rotatable bonds is 4. The molecule has 2 rings (SSSR count). The number of nitro groups is 1. The van der Waals surface area contributed by atoms with Crippen LogP contribution in [0.5, 0.6) is 5.75 Å². The third kappa shape index (κ3) is 3.04. The molecule has 1 aromatic carbocycles. The Kier molecular flexibility index (Phi) is 3.75.